The molecule has 8 nitrogen and oxygen atoms in total. The van der Waals surface area contributed by atoms with E-state index in [-0.39, 0.29) is 30.0 Å². The zero-order chi connectivity index (χ0) is 31.4. The number of methoxy groups -OCH3 is 1. The maximum absolute atomic E-state index is 14.5. The van der Waals surface area contributed by atoms with Crippen LogP contribution in [0, 0.1) is 0 Å². The summed E-state index contributed by atoms with van der Waals surface area (Å²) < 4.78 is 13.0. The molecule has 2 heterocycles. The van der Waals surface area contributed by atoms with Crippen molar-refractivity contribution in [3.05, 3.63) is 118 Å². The lowest BCUT2D eigenvalue weighted by molar-refractivity contribution is 0.170. The number of ether oxygens (including phenoxy) is 1. The first-order valence-corrected chi connectivity index (χ1v) is 15.1. The highest BCUT2D eigenvalue weighted by Gasteiger charge is 2.31. The van der Waals surface area contributed by atoms with Gasteiger partial charge in [-0.05, 0) is 65.8 Å². The van der Waals surface area contributed by atoms with Crippen LogP contribution in [-0.2, 0) is 6.54 Å². The van der Waals surface area contributed by atoms with E-state index in [0.29, 0.717) is 40.3 Å². The first-order chi connectivity index (χ1) is 21.2. The molecule has 0 spiro atoms. The topological polar surface area (TPSA) is 89.6 Å². The van der Waals surface area contributed by atoms with Crippen molar-refractivity contribution in [3.63, 3.8) is 0 Å². The van der Waals surface area contributed by atoms with Crippen LogP contribution in [0.2, 0.25) is 0 Å². The lowest BCUT2D eigenvalue weighted by Gasteiger charge is -2.33. The van der Waals surface area contributed by atoms with Gasteiger partial charge in [0.05, 0.1) is 42.5 Å². The maximum atomic E-state index is 14.5. The maximum Gasteiger partial charge on any atom is 0.322 e. The Morgan fingerprint density at radius 2 is 1.61 bits per heavy atom. The number of hydrogen-bond acceptors (Lipinski definition) is 5. The highest BCUT2D eigenvalue weighted by atomic mass is 16.5. The molecule has 1 N–H and O–H groups in total. The van der Waals surface area contributed by atoms with E-state index >= 15 is 0 Å². The monoisotopic (exact) mass is 592 g/mol. The van der Waals surface area contributed by atoms with E-state index in [2.05, 4.69) is 45.1 Å². The van der Waals surface area contributed by atoms with Gasteiger partial charge in [0.15, 0.2) is 0 Å². The number of fused-ring (bicyclic) bond motifs is 1. The number of rotatable bonds is 10. The number of nitrogens with zero attached hydrogens (tertiary/aromatic N) is 3. The minimum absolute atomic E-state index is 0.173. The third-order valence-electron chi connectivity index (χ3n) is 7.96. The molecule has 0 radical (unpaired) electrons. The minimum atomic E-state index is -0.601. The Morgan fingerprint density at radius 1 is 0.932 bits per heavy atom. The standard InChI is InChI=1S/C36H40N4O4/c1-7-30(34-37-29-18-9-8-15-28(29)35(41)40(34)31-19-10-11-20-32(31)43-6)39(22-25-14-13-21-44-25)36(42)38-33-26(23(2)3)16-12-17-27(33)24(4)5/h8-21,23-24,30H,7,22H2,1-6H3,(H,38,42). The van der Waals surface area contributed by atoms with Crippen LogP contribution in [0.25, 0.3) is 16.6 Å². The summed E-state index contributed by atoms with van der Waals surface area (Å²) in [4.78, 5) is 35.5. The number of para-hydroxylation sites is 4. The van der Waals surface area contributed by atoms with Gasteiger partial charge in [0.2, 0.25) is 0 Å². The van der Waals surface area contributed by atoms with Crippen molar-refractivity contribution in [1.82, 2.24) is 14.5 Å². The van der Waals surface area contributed by atoms with Gasteiger partial charge in [-0.2, -0.15) is 0 Å². The first kappa shape index (κ1) is 30.6. The summed E-state index contributed by atoms with van der Waals surface area (Å²) in [6.45, 7) is 10.6. The normalized spacial score (nSPS) is 12.1. The molecule has 0 saturated carbocycles. The van der Waals surface area contributed by atoms with Gasteiger partial charge in [-0.15, -0.1) is 0 Å². The minimum Gasteiger partial charge on any atom is -0.495 e. The summed E-state index contributed by atoms with van der Waals surface area (Å²) in [6, 6.07) is 23.5. The van der Waals surface area contributed by atoms with Crippen molar-refractivity contribution >= 4 is 22.6 Å². The number of furan rings is 1. The third-order valence-corrected chi connectivity index (χ3v) is 7.96. The van der Waals surface area contributed by atoms with Gasteiger partial charge in [-0.1, -0.05) is 77.1 Å². The number of amides is 2. The van der Waals surface area contributed by atoms with Gasteiger partial charge in [0.25, 0.3) is 5.56 Å². The fraction of sp³-hybridized carbons (Fsp3) is 0.306. The molecule has 0 aliphatic rings. The number of hydrogen-bond donors (Lipinski definition) is 1. The highest BCUT2D eigenvalue weighted by molar-refractivity contribution is 5.92. The molecule has 0 aliphatic heterocycles. The molecular formula is C36H40N4O4. The molecule has 1 atom stereocenters. The van der Waals surface area contributed by atoms with Crippen LogP contribution in [0.4, 0.5) is 10.5 Å². The number of aromatic nitrogens is 2. The largest absolute Gasteiger partial charge is 0.495 e. The molecule has 44 heavy (non-hydrogen) atoms. The number of urea groups is 1. The van der Waals surface area contributed by atoms with Crippen LogP contribution < -0.4 is 15.6 Å². The second-order valence-corrected chi connectivity index (χ2v) is 11.5. The molecule has 0 fully saturated rings. The lowest BCUT2D eigenvalue weighted by Crippen LogP contribution is -2.40. The summed E-state index contributed by atoms with van der Waals surface area (Å²) in [5, 5.41) is 3.76. The molecule has 5 aromatic rings. The van der Waals surface area contributed by atoms with E-state index in [4.69, 9.17) is 14.1 Å². The Morgan fingerprint density at radius 3 is 2.25 bits per heavy atom. The van der Waals surface area contributed by atoms with Gasteiger partial charge in [0.1, 0.15) is 17.3 Å². The average Bonchev–Trinajstić information content (AvgIpc) is 3.54. The van der Waals surface area contributed by atoms with Crippen LogP contribution in [0.5, 0.6) is 5.75 Å². The SMILES string of the molecule is CCC(c1nc2ccccc2c(=O)n1-c1ccccc1OC)N(Cc1ccco1)C(=O)Nc1c(C(C)C)cccc1C(C)C. The molecule has 0 bridgehead atoms. The van der Waals surface area contributed by atoms with Crippen LogP contribution in [0.15, 0.2) is 94.3 Å². The zero-order valence-corrected chi connectivity index (χ0v) is 26.2. The average molecular weight is 593 g/mol. The highest BCUT2D eigenvalue weighted by Crippen LogP contribution is 2.35. The zero-order valence-electron chi connectivity index (χ0n) is 26.2. The van der Waals surface area contributed by atoms with E-state index in [9.17, 15) is 9.59 Å². The van der Waals surface area contributed by atoms with Gasteiger partial charge < -0.3 is 19.4 Å². The Kier molecular flexibility index (Phi) is 9.18. The van der Waals surface area contributed by atoms with Crippen LogP contribution in [-0.4, -0.2) is 27.6 Å². The van der Waals surface area contributed by atoms with E-state index in [1.54, 1.807) is 35.0 Å². The van der Waals surface area contributed by atoms with E-state index < -0.39 is 6.04 Å². The Bertz CT molecular complexity index is 1780. The number of benzene rings is 3. The molecular weight excluding hydrogens is 552 g/mol. The number of carbonyl (C=O) groups excluding carboxylic acids is 1. The predicted octanol–water partition coefficient (Wildman–Crippen LogP) is 8.42. The van der Waals surface area contributed by atoms with Crippen molar-refractivity contribution in [3.8, 4) is 11.4 Å². The Labute approximate surface area is 258 Å². The number of carbonyl (C=O) groups is 1. The predicted molar refractivity (Wildman–Crippen MR) is 175 cm³/mol. The van der Waals surface area contributed by atoms with E-state index in [0.717, 1.165) is 16.8 Å². The van der Waals surface area contributed by atoms with Crippen LogP contribution in [0.3, 0.4) is 0 Å². The fourth-order valence-electron chi connectivity index (χ4n) is 5.73. The van der Waals surface area contributed by atoms with Crippen LogP contribution in [0.1, 0.15) is 81.6 Å². The summed E-state index contributed by atoms with van der Waals surface area (Å²) >= 11 is 0. The van der Waals surface area contributed by atoms with Crippen molar-refractivity contribution in [2.45, 2.75) is 65.5 Å². The smallest absolute Gasteiger partial charge is 0.322 e. The third kappa shape index (κ3) is 5.97. The first-order valence-electron chi connectivity index (χ1n) is 15.1. The molecule has 1 unspecified atom stereocenters. The molecule has 2 amide bonds. The fourth-order valence-corrected chi connectivity index (χ4v) is 5.73. The second-order valence-electron chi connectivity index (χ2n) is 11.5. The molecule has 2 aromatic heterocycles. The quantitative estimate of drug-likeness (QED) is 0.176. The summed E-state index contributed by atoms with van der Waals surface area (Å²) in [5.41, 5.74) is 3.81. The van der Waals surface area contributed by atoms with Gasteiger partial charge in [0, 0.05) is 5.69 Å². The molecule has 3 aromatic carbocycles. The molecule has 0 aliphatic carbocycles. The summed E-state index contributed by atoms with van der Waals surface area (Å²) in [6.07, 6.45) is 2.08. The van der Waals surface area contributed by atoms with Crippen molar-refractivity contribution in [2.75, 3.05) is 12.4 Å². The van der Waals surface area contributed by atoms with Crippen molar-refractivity contribution < 1.29 is 13.9 Å². The van der Waals surface area contributed by atoms with E-state index in [1.165, 1.54) is 0 Å². The van der Waals surface area contributed by atoms with E-state index in [1.807, 2.05) is 61.5 Å². The Balaban J connectivity index is 1.71. The van der Waals surface area contributed by atoms with Gasteiger partial charge in [-0.3, -0.25) is 9.36 Å². The van der Waals surface area contributed by atoms with Crippen molar-refractivity contribution in [2.24, 2.45) is 0 Å². The number of nitrogens with one attached hydrogen (secondary N) is 1. The molecule has 5 rings (SSSR count). The summed E-state index contributed by atoms with van der Waals surface area (Å²) in [7, 11) is 1.57. The van der Waals surface area contributed by atoms with Gasteiger partial charge >= 0.3 is 6.03 Å². The van der Waals surface area contributed by atoms with Crippen LogP contribution >= 0.6 is 0 Å². The second kappa shape index (κ2) is 13.2. The Hall–Kier alpha value is -4.85. The molecule has 8 heteroatoms. The lowest BCUT2D eigenvalue weighted by atomic mass is 9.92. The molecule has 228 valence electrons. The molecule has 0 saturated heterocycles. The van der Waals surface area contributed by atoms with Crippen molar-refractivity contribution in [1.29, 1.82) is 0 Å². The number of anilines is 1. The van der Waals surface area contributed by atoms with Gasteiger partial charge in [-0.25, -0.2) is 9.78 Å². The summed E-state index contributed by atoms with van der Waals surface area (Å²) in [5.74, 6) is 1.97.